The highest BCUT2D eigenvalue weighted by Crippen LogP contribution is 2.47. The predicted octanol–water partition coefficient (Wildman–Crippen LogP) is 5.85. The van der Waals surface area contributed by atoms with Crippen LogP contribution in [0.15, 0.2) is 103 Å². The van der Waals surface area contributed by atoms with Gasteiger partial charge in [-0.1, -0.05) is 66.7 Å². The first-order chi connectivity index (χ1) is 16.9. The first-order valence-electron chi connectivity index (χ1n) is 11.5. The van der Waals surface area contributed by atoms with Crippen LogP contribution in [0.3, 0.4) is 0 Å². The van der Waals surface area contributed by atoms with E-state index in [1.807, 2.05) is 30.3 Å². The third-order valence-corrected chi connectivity index (χ3v) is 7.02. The molecular weight excluding hydrogens is 419 g/mol. The lowest BCUT2D eigenvalue weighted by atomic mass is 9.33. The maximum absolute atomic E-state index is 6.86. The molecule has 0 radical (unpaired) electrons. The molecule has 3 heterocycles. The molecule has 0 bridgehead atoms. The SMILES string of the molecule is c1ccc(-c2ccc3c4c2Oc2c(-c5ccccc5)ccc5c2B4c2c(cccc2O5)O3)cc1. The van der Waals surface area contributed by atoms with Crippen LogP contribution in [-0.4, -0.2) is 6.71 Å². The van der Waals surface area contributed by atoms with Gasteiger partial charge in [-0.3, -0.25) is 0 Å². The molecule has 0 aromatic heterocycles. The number of hydrogen-bond acceptors (Lipinski definition) is 3. The molecule has 0 amide bonds. The van der Waals surface area contributed by atoms with Crippen molar-refractivity contribution in [3.8, 4) is 56.8 Å². The van der Waals surface area contributed by atoms with Gasteiger partial charge >= 0.3 is 0 Å². The van der Waals surface area contributed by atoms with E-state index in [9.17, 15) is 0 Å². The van der Waals surface area contributed by atoms with Gasteiger partial charge in [0.05, 0.1) is 0 Å². The second kappa shape index (κ2) is 6.55. The molecule has 158 valence electrons. The van der Waals surface area contributed by atoms with Crippen molar-refractivity contribution in [2.45, 2.75) is 0 Å². The first kappa shape index (κ1) is 18.0. The number of ether oxygens (including phenoxy) is 3. The summed E-state index contributed by atoms with van der Waals surface area (Å²) in [5, 5.41) is 0. The highest BCUT2D eigenvalue weighted by atomic mass is 16.5. The lowest BCUT2D eigenvalue weighted by Gasteiger charge is -2.38. The Morgan fingerprint density at radius 1 is 0.382 bits per heavy atom. The minimum absolute atomic E-state index is 0.00947. The number of benzene rings is 5. The first-order valence-corrected chi connectivity index (χ1v) is 11.5. The summed E-state index contributed by atoms with van der Waals surface area (Å²) in [7, 11) is 0. The molecule has 0 aliphatic carbocycles. The molecule has 5 aromatic rings. The fraction of sp³-hybridized carbons (Fsp3) is 0. The van der Waals surface area contributed by atoms with E-state index in [0.29, 0.717) is 0 Å². The Labute approximate surface area is 197 Å². The van der Waals surface area contributed by atoms with Crippen molar-refractivity contribution in [3.05, 3.63) is 103 Å². The van der Waals surface area contributed by atoms with Gasteiger partial charge in [-0.2, -0.15) is 0 Å². The minimum Gasteiger partial charge on any atom is -0.458 e. The molecule has 8 rings (SSSR count). The number of hydrogen-bond donors (Lipinski definition) is 0. The van der Waals surface area contributed by atoms with Crippen LogP contribution in [0.2, 0.25) is 0 Å². The summed E-state index contributed by atoms with van der Waals surface area (Å²) in [6.45, 7) is -0.00947. The topological polar surface area (TPSA) is 27.7 Å². The van der Waals surface area contributed by atoms with Gasteiger partial charge in [0.15, 0.2) is 0 Å². The van der Waals surface area contributed by atoms with Crippen molar-refractivity contribution in [2.75, 3.05) is 0 Å². The largest absolute Gasteiger partial charge is 0.458 e. The molecule has 0 saturated carbocycles. The van der Waals surface area contributed by atoms with Crippen LogP contribution in [0.1, 0.15) is 0 Å². The predicted molar refractivity (Wildman–Crippen MR) is 135 cm³/mol. The Balaban J connectivity index is 1.48. The van der Waals surface area contributed by atoms with Crippen molar-refractivity contribution in [1.29, 1.82) is 0 Å². The molecule has 0 N–H and O–H groups in total. The van der Waals surface area contributed by atoms with Crippen LogP contribution >= 0.6 is 0 Å². The van der Waals surface area contributed by atoms with Crippen LogP contribution in [0.4, 0.5) is 0 Å². The zero-order valence-electron chi connectivity index (χ0n) is 18.1. The molecule has 5 aromatic carbocycles. The third kappa shape index (κ3) is 2.32. The Morgan fingerprint density at radius 3 is 1.35 bits per heavy atom. The van der Waals surface area contributed by atoms with Gasteiger partial charge < -0.3 is 14.2 Å². The second-order valence-electron chi connectivity index (χ2n) is 8.85. The van der Waals surface area contributed by atoms with Crippen molar-refractivity contribution in [3.63, 3.8) is 0 Å². The smallest absolute Gasteiger partial charge is 0.270 e. The van der Waals surface area contributed by atoms with Crippen LogP contribution in [0.5, 0.6) is 34.5 Å². The molecular formula is C30H17BO3. The van der Waals surface area contributed by atoms with Crippen molar-refractivity contribution in [2.24, 2.45) is 0 Å². The average Bonchev–Trinajstić information content (AvgIpc) is 2.90. The Kier molecular flexibility index (Phi) is 3.48. The standard InChI is InChI=1S/C30H17BO3/c1-3-8-18(9-4-1)20-14-16-24-27-29(20)34-30-21(19-10-5-2-6-11-19)15-17-25-28(30)31(27)26-22(32-24)12-7-13-23(26)33-25/h1-17H. The second-order valence-corrected chi connectivity index (χ2v) is 8.85. The molecule has 3 aliphatic heterocycles. The van der Waals surface area contributed by atoms with Crippen molar-refractivity contribution in [1.82, 2.24) is 0 Å². The van der Waals surface area contributed by atoms with Gasteiger partial charge in [0.2, 0.25) is 0 Å². The fourth-order valence-electron chi connectivity index (χ4n) is 5.56. The summed E-state index contributed by atoms with van der Waals surface area (Å²) in [5.41, 5.74) is 7.58. The normalized spacial score (nSPS) is 13.4. The van der Waals surface area contributed by atoms with Gasteiger partial charge in [0.1, 0.15) is 34.5 Å². The molecule has 0 fully saturated rings. The van der Waals surface area contributed by atoms with E-state index >= 15 is 0 Å². The highest BCUT2D eigenvalue weighted by Gasteiger charge is 2.47. The highest BCUT2D eigenvalue weighted by molar-refractivity contribution is 6.99. The van der Waals surface area contributed by atoms with Crippen molar-refractivity contribution >= 4 is 23.1 Å². The van der Waals surface area contributed by atoms with E-state index in [4.69, 9.17) is 14.2 Å². The van der Waals surface area contributed by atoms with Gasteiger partial charge in [-0.05, 0) is 47.5 Å². The maximum Gasteiger partial charge on any atom is 0.270 e. The van der Waals surface area contributed by atoms with E-state index in [1.165, 1.54) is 0 Å². The molecule has 4 heteroatoms. The van der Waals surface area contributed by atoms with E-state index in [2.05, 4.69) is 72.8 Å². The molecule has 0 saturated heterocycles. The fourth-order valence-corrected chi connectivity index (χ4v) is 5.56. The van der Waals surface area contributed by atoms with E-state index < -0.39 is 0 Å². The van der Waals surface area contributed by atoms with Crippen LogP contribution in [0.25, 0.3) is 22.3 Å². The lowest BCUT2D eigenvalue weighted by molar-refractivity contribution is 0.444. The zero-order chi connectivity index (χ0) is 22.2. The molecule has 0 spiro atoms. The number of rotatable bonds is 2. The summed E-state index contributed by atoms with van der Waals surface area (Å²) in [6.07, 6.45) is 0. The van der Waals surface area contributed by atoms with Crippen LogP contribution in [0, 0.1) is 0 Å². The van der Waals surface area contributed by atoms with Crippen LogP contribution in [-0.2, 0) is 0 Å². The summed E-state index contributed by atoms with van der Waals surface area (Å²) >= 11 is 0. The molecule has 0 unspecified atom stereocenters. The average molecular weight is 436 g/mol. The molecule has 3 nitrogen and oxygen atoms in total. The van der Waals surface area contributed by atoms with Gasteiger partial charge in [0, 0.05) is 27.5 Å². The lowest BCUT2D eigenvalue weighted by Crippen LogP contribution is -2.59. The minimum atomic E-state index is -0.00947. The van der Waals surface area contributed by atoms with Gasteiger partial charge in [-0.25, -0.2) is 0 Å². The van der Waals surface area contributed by atoms with E-state index in [1.54, 1.807) is 0 Å². The molecule has 0 atom stereocenters. The van der Waals surface area contributed by atoms with E-state index in [0.717, 1.165) is 73.1 Å². The Hall–Kier alpha value is -4.44. The monoisotopic (exact) mass is 436 g/mol. The van der Waals surface area contributed by atoms with Crippen LogP contribution < -0.4 is 30.6 Å². The summed E-state index contributed by atoms with van der Waals surface area (Å²) in [5.74, 6) is 5.09. The van der Waals surface area contributed by atoms with Gasteiger partial charge in [0.25, 0.3) is 6.71 Å². The van der Waals surface area contributed by atoms with E-state index in [-0.39, 0.29) is 6.71 Å². The molecule has 34 heavy (non-hydrogen) atoms. The summed E-state index contributed by atoms with van der Waals surface area (Å²) < 4.78 is 19.7. The van der Waals surface area contributed by atoms with Gasteiger partial charge in [-0.15, -0.1) is 0 Å². The Morgan fingerprint density at radius 2 is 0.853 bits per heavy atom. The summed E-state index contributed by atoms with van der Waals surface area (Å²) in [6, 6.07) is 35.2. The maximum atomic E-state index is 6.86. The zero-order valence-corrected chi connectivity index (χ0v) is 18.1. The quantitative estimate of drug-likeness (QED) is 0.318. The van der Waals surface area contributed by atoms with Crippen molar-refractivity contribution < 1.29 is 14.2 Å². The third-order valence-electron chi connectivity index (χ3n) is 7.02. The molecule has 3 aliphatic rings. The summed E-state index contributed by atoms with van der Waals surface area (Å²) in [4.78, 5) is 0. The Bertz CT molecular complexity index is 1510.